The molecule has 1 saturated heterocycles. The fourth-order valence-electron chi connectivity index (χ4n) is 4.31. The third kappa shape index (κ3) is 4.71. The molecule has 3 heterocycles. The first kappa shape index (κ1) is 25.6. The molecule has 0 unspecified atom stereocenters. The highest BCUT2D eigenvalue weighted by atomic mass is 35.5. The van der Waals surface area contributed by atoms with Crippen LogP contribution in [0.25, 0.3) is 28.0 Å². The number of hydrazine groups is 1. The number of benzene rings is 2. The number of nitrogens with zero attached hydrogens (tertiary/aromatic N) is 5. The van der Waals surface area contributed by atoms with Gasteiger partial charge in [-0.2, -0.15) is 5.10 Å². The van der Waals surface area contributed by atoms with Gasteiger partial charge in [0.25, 0.3) is 15.9 Å². The third-order valence-electron chi connectivity index (χ3n) is 6.21. The molecule has 12 heteroatoms. The van der Waals surface area contributed by atoms with E-state index in [1.807, 2.05) is 18.2 Å². The minimum atomic E-state index is -4.10. The monoisotopic (exact) mass is 558 g/mol. The number of hydrogen-bond acceptors (Lipinski definition) is 6. The average molecular weight is 559 g/mol. The van der Waals surface area contributed by atoms with E-state index in [4.69, 9.17) is 23.2 Å². The van der Waals surface area contributed by atoms with Crippen LogP contribution in [0.2, 0.25) is 10.0 Å². The average Bonchev–Trinajstić information content (AvgIpc) is 3.52. The Kier molecular flexibility index (Phi) is 6.95. The molecule has 1 N–H and O–H groups in total. The van der Waals surface area contributed by atoms with Crippen molar-refractivity contribution in [2.24, 2.45) is 0 Å². The third-order valence-corrected chi connectivity index (χ3v) is 8.53. The van der Waals surface area contributed by atoms with Crippen LogP contribution in [0.1, 0.15) is 23.2 Å². The number of aromatic nitrogens is 3. The van der Waals surface area contributed by atoms with Gasteiger partial charge in [0.1, 0.15) is 5.56 Å². The second-order valence-corrected chi connectivity index (χ2v) is 11.8. The Balaban J connectivity index is 1.84. The number of rotatable bonds is 6. The maximum Gasteiger partial charge on any atom is 0.272 e. The van der Waals surface area contributed by atoms with Crippen molar-refractivity contribution >= 4 is 44.8 Å². The minimum absolute atomic E-state index is 0.109. The Bertz CT molecular complexity index is 1600. The van der Waals surface area contributed by atoms with E-state index < -0.39 is 15.9 Å². The lowest BCUT2D eigenvalue weighted by atomic mass is 10.0. The van der Waals surface area contributed by atoms with Crippen molar-refractivity contribution in [3.05, 3.63) is 70.3 Å². The number of nitrogens with one attached hydrogen (secondary N) is 1. The molecule has 1 amide bonds. The maximum absolute atomic E-state index is 13.5. The molecule has 0 aliphatic carbocycles. The van der Waals surface area contributed by atoms with E-state index in [2.05, 4.69) is 15.5 Å². The Morgan fingerprint density at radius 2 is 1.68 bits per heavy atom. The van der Waals surface area contributed by atoms with Crippen molar-refractivity contribution in [3.63, 3.8) is 0 Å². The first-order valence-electron chi connectivity index (χ1n) is 11.6. The predicted molar refractivity (Wildman–Crippen MR) is 143 cm³/mol. The zero-order chi connectivity index (χ0) is 26.3. The van der Waals surface area contributed by atoms with E-state index in [1.54, 1.807) is 41.5 Å². The molecule has 1 aliphatic heterocycles. The van der Waals surface area contributed by atoms with Gasteiger partial charge < -0.3 is 0 Å². The molecule has 5 rings (SSSR count). The predicted octanol–water partition coefficient (Wildman–Crippen LogP) is 4.36. The summed E-state index contributed by atoms with van der Waals surface area (Å²) in [6, 6.07) is 14.3. The van der Waals surface area contributed by atoms with Gasteiger partial charge in [-0.15, -0.1) is 0 Å². The van der Waals surface area contributed by atoms with E-state index in [9.17, 15) is 13.2 Å². The highest BCUT2D eigenvalue weighted by Gasteiger charge is 2.34. The normalized spacial score (nSPS) is 14.5. The van der Waals surface area contributed by atoms with E-state index in [0.717, 1.165) is 17.1 Å². The highest BCUT2D eigenvalue weighted by molar-refractivity contribution is 7.89. The summed E-state index contributed by atoms with van der Waals surface area (Å²) in [5.74, 6) is -0.586. The lowest BCUT2D eigenvalue weighted by Gasteiger charge is -2.17. The van der Waals surface area contributed by atoms with Gasteiger partial charge >= 0.3 is 0 Å². The molecule has 37 heavy (non-hydrogen) atoms. The molecule has 1 fully saturated rings. The molecule has 1 aliphatic rings. The summed E-state index contributed by atoms with van der Waals surface area (Å²) in [5.41, 5.74) is 5.31. The van der Waals surface area contributed by atoms with Crippen LogP contribution in [-0.4, -0.2) is 65.4 Å². The number of amides is 1. The van der Waals surface area contributed by atoms with E-state index >= 15 is 0 Å². The lowest BCUT2D eigenvalue weighted by Crippen LogP contribution is -2.40. The quantitative estimate of drug-likeness (QED) is 0.377. The van der Waals surface area contributed by atoms with Gasteiger partial charge in [-0.05, 0) is 31.0 Å². The Morgan fingerprint density at radius 1 is 1.00 bits per heavy atom. The summed E-state index contributed by atoms with van der Waals surface area (Å²) < 4.78 is 29.1. The molecule has 4 aromatic rings. The highest BCUT2D eigenvalue weighted by Crippen LogP contribution is 2.37. The second kappa shape index (κ2) is 10.0. The van der Waals surface area contributed by atoms with Crippen molar-refractivity contribution in [2.45, 2.75) is 17.9 Å². The van der Waals surface area contributed by atoms with E-state index in [0.29, 0.717) is 45.5 Å². The van der Waals surface area contributed by atoms with Crippen molar-refractivity contribution in [1.29, 1.82) is 0 Å². The van der Waals surface area contributed by atoms with Crippen LogP contribution < -0.4 is 5.43 Å². The maximum atomic E-state index is 13.5. The molecular formula is C25H24Cl2N6O3S. The van der Waals surface area contributed by atoms with Crippen LogP contribution in [0.5, 0.6) is 0 Å². The SMILES string of the molecule is CN(C)S(=O)(=O)c1nn2c(-c3ccc(Cl)cc3)c(-c3ccccc3Cl)cnc2c1C(=O)NN1CCCC1. The summed E-state index contributed by atoms with van der Waals surface area (Å²) in [6.45, 7) is 1.36. The Morgan fingerprint density at radius 3 is 2.32 bits per heavy atom. The zero-order valence-electron chi connectivity index (χ0n) is 20.1. The number of sulfonamides is 1. The molecule has 0 spiro atoms. The Labute approximate surface area is 224 Å². The van der Waals surface area contributed by atoms with Gasteiger partial charge in [0, 0.05) is 60.1 Å². The van der Waals surface area contributed by atoms with Crippen molar-refractivity contribution in [3.8, 4) is 22.4 Å². The van der Waals surface area contributed by atoms with Gasteiger partial charge in [-0.3, -0.25) is 10.2 Å². The summed E-state index contributed by atoms with van der Waals surface area (Å²) in [4.78, 5) is 18.0. The summed E-state index contributed by atoms with van der Waals surface area (Å²) in [7, 11) is -1.32. The van der Waals surface area contributed by atoms with Gasteiger partial charge in [0.2, 0.25) is 5.03 Å². The van der Waals surface area contributed by atoms with Crippen molar-refractivity contribution in [1.82, 2.24) is 29.3 Å². The van der Waals surface area contributed by atoms with Crippen LogP contribution >= 0.6 is 23.2 Å². The van der Waals surface area contributed by atoms with Gasteiger partial charge in [0.05, 0.1) is 5.69 Å². The first-order chi connectivity index (χ1) is 17.7. The van der Waals surface area contributed by atoms with Gasteiger partial charge in [0.15, 0.2) is 5.65 Å². The van der Waals surface area contributed by atoms with E-state index in [-0.39, 0.29) is 16.2 Å². The molecule has 0 atom stereocenters. The zero-order valence-corrected chi connectivity index (χ0v) is 22.5. The summed E-state index contributed by atoms with van der Waals surface area (Å²) in [6.07, 6.45) is 3.47. The van der Waals surface area contributed by atoms with Crippen LogP contribution in [0.15, 0.2) is 59.8 Å². The van der Waals surface area contributed by atoms with Gasteiger partial charge in [-0.1, -0.05) is 53.5 Å². The minimum Gasteiger partial charge on any atom is -0.285 e. The molecular weight excluding hydrogens is 535 g/mol. The number of halogens is 2. The van der Waals surface area contributed by atoms with E-state index in [1.165, 1.54) is 18.6 Å². The van der Waals surface area contributed by atoms with Crippen LogP contribution in [0.3, 0.4) is 0 Å². The van der Waals surface area contributed by atoms with Crippen molar-refractivity contribution < 1.29 is 13.2 Å². The fourth-order valence-corrected chi connectivity index (χ4v) is 5.64. The topological polar surface area (TPSA) is 99.9 Å². The number of carbonyl (C=O) groups is 1. The molecule has 192 valence electrons. The number of hydrogen-bond donors (Lipinski definition) is 1. The standard InChI is InChI=1S/C25H24Cl2N6O3S/c1-31(2)37(35,36)25-21(24(34)29-32-13-5-6-14-32)23-28-15-19(18-7-3-4-8-20(18)27)22(33(23)30-25)16-9-11-17(26)12-10-16/h3-4,7-12,15H,5-6,13-14H2,1-2H3,(H,29,34). The summed E-state index contributed by atoms with van der Waals surface area (Å²) in [5, 5.41) is 6.90. The smallest absolute Gasteiger partial charge is 0.272 e. The first-order valence-corrected chi connectivity index (χ1v) is 13.8. The molecule has 0 saturated carbocycles. The molecule has 0 bridgehead atoms. The number of carbonyl (C=O) groups excluding carboxylic acids is 1. The molecule has 2 aromatic carbocycles. The Hall–Kier alpha value is -3.02. The van der Waals surface area contributed by atoms with Gasteiger partial charge in [-0.25, -0.2) is 27.2 Å². The fraction of sp³-hybridized carbons (Fsp3) is 0.240. The summed E-state index contributed by atoms with van der Waals surface area (Å²) >= 11 is 12.7. The van der Waals surface area contributed by atoms with Crippen LogP contribution in [0, 0.1) is 0 Å². The largest absolute Gasteiger partial charge is 0.285 e. The number of fused-ring (bicyclic) bond motifs is 1. The molecule has 2 aromatic heterocycles. The van der Waals surface area contributed by atoms with Crippen molar-refractivity contribution in [2.75, 3.05) is 27.2 Å². The van der Waals surface area contributed by atoms with Crippen LogP contribution in [-0.2, 0) is 10.0 Å². The second-order valence-electron chi connectivity index (χ2n) is 8.85. The molecule has 9 nitrogen and oxygen atoms in total. The lowest BCUT2D eigenvalue weighted by molar-refractivity contribution is 0.0823. The van der Waals surface area contributed by atoms with Crippen LogP contribution in [0.4, 0.5) is 0 Å². The molecule has 0 radical (unpaired) electrons.